The lowest BCUT2D eigenvalue weighted by Crippen LogP contribution is -2.44. The number of rotatable bonds is 4. The molecule has 0 bridgehead atoms. The highest BCUT2D eigenvalue weighted by Crippen LogP contribution is 2.38. The van der Waals surface area contributed by atoms with E-state index in [1.165, 1.54) is 5.57 Å². The zero-order valence-electron chi connectivity index (χ0n) is 19.5. The van der Waals surface area contributed by atoms with Crippen LogP contribution in [-0.4, -0.2) is 38.3 Å². The van der Waals surface area contributed by atoms with Gasteiger partial charge in [-0.1, -0.05) is 77.0 Å². The van der Waals surface area contributed by atoms with E-state index >= 15 is 0 Å². The number of carbonyl (C=O) groups is 1. The van der Waals surface area contributed by atoms with Gasteiger partial charge in [0.15, 0.2) is 8.32 Å². The molecule has 0 saturated heterocycles. The minimum atomic E-state index is -1.82. The number of nitrogens with zero attached hydrogens (tertiary/aromatic N) is 1. The summed E-state index contributed by atoms with van der Waals surface area (Å²) in [5.74, 6) is 0.451. The Hall–Kier alpha value is -1.13. The second-order valence-corrected chi connectivity index (χ2v) is 14.6. The fraction of sp³-hybridized carbons (Fsp3) is 0.708. The summed E-state index contributed by atoms with van der Waals surface area (Å²) < 4.78 is 6.73. The molecule has 1 aliphatic rings. The topological polar surface area (TPSA) is 29.5 Å². The molecule has 0 aliphatic carbocycles. The summed E-state index contributed by atoms with van der Waals surface area (Å²) in [6.07, 6.45) is 13.3. The van der Waals surface area contributed by atoms with E-state index in [0.29, 0.717) is 6.42 Å². The highest BCUT2D eigenvalue weighted by atomic mass is 28.4. The van der Waals surface area contributed by atoms with Crippen LogP contribution in [0, 0.1) is 5.92 Å². The Balaban J connectivity index is 3.16. The molecule has 28 heavy (non-hydrogen) atoms. The Bertz CT molecular complexity index is 586. The van der Waals surface area contributed by atoms with Gasteiger partial charge in [-0.05, 0) is 43.8 Å². The Morgan fingerprint density at radius 2 is 1.89 bits per heavy atom. The maximum atomic E-state index is 12.7. The van der Waals surface area contributed by atoms with E-state index in [2.05, 4.69) is 66.4 Å². The predicted octanol–water partition coefficient (Wildman–Crippen LogP) is 6.49. The number of amides is 1. The van der Waals surface area contributed by atoms with Crippen LogP contribution in [0.1, 0.15) is 66.7 Å². The first-order valence-corrected chi connectivity index (χ1v) is 13.7. The fourth-order valence-corrected chi connectivity index (χ4v) is 4.95. The zero-order chi connectivity index (χ0) is 21.5. The van der Waals surface area contributed by atoms with Gasteiger partial charge in [0.05, 0.1) is 12.1 Å². The average Bonchev–Trinajstić information content (AvgIpc) is 2.57. The van der Waals surface area contributed by atoms with Crippen LogP contribution in [0.25, 0.3) is 0 Å². The van der Waals surface area contributed by atoms with Gasteiger partial charge in [0.25, 0.3) is 0 Å². The first kappa shape index (κ1) is 24.9. The van der Waals surface area contributed by atoms with Crippen LogP contribution in [0.3, 0.4) is 0 Å². The lowest BCUT2D eigenvalue weighted by molar-refractivity contribution is -0.132. The summed E-state index contributed by atoms with van der Waals surface area (Å²) in [5, 5.41) is 0.203. The Morgan fingerprint density at radius 3 is 2.46 bits per heavy atom. The number of likely N-dealkylation sites (N-methyl/N-ethyl adjacent to an activating group) is 1. The van der Waals surface area contributed by atoms with E-state index in [1.54, 1.807) is 0 Å². The van der Waals surface area contributed by atoms with Crippen LogP contribution < -0.4 is 0 Å². The molecule has 1 amide bonds. The van der Waals surface area contributed by atoms with Crippen LogP contribution in [0.2, 0.25) is 18.1 Å². The first-order chi connectivity index (χ1) is 12.9. The van der Waals surface area contributed by atoms with Crippen molar-refractivity contribution in [1.82, 2.24) is 4.90 Å². The molecule has 3 atom stereocenters. The number of hydrogen-bond acceptors (Lipinski definition) is 2. The van der Waals surface area contributed by atoms with E-state index in [0.717, 1.165) is 25.7 Å². The smallest absolute Gasteiger partial charge is 0.222 e. The summed E-state index contributed by atoms with van der Waals surface area (Å²) in [6.45, 7) is 19.6. The molecule has 1 unspecified atom stereocenters. The Kier molecular flexibility index (Phi) is 9.42. The Labute approximate surface area is 175 Å². The molecular weight excluding hydrogens is 362 g/mol. The standard InChI is InChI=1S/C24H43NO2Si/c1-10-14-19(2)23-20(3)17-18-21(27-28(8,9)24(4,5)6)15-12-11-13-16-22(26)25(23)7/h10,14,17-18,20-21,23H,1,11-13,15-16H2,2-9H3/b18-17-,19-14+/t20-,21?,23+/m0/s1. The van der Waals surface area contributed by atoms with Gasteiger partial charge in [0.1, 0.15) is 0 Å². The highest BCUT2D eigenvalue weighted by molar-refractivity contribution is 6.74. The largest absolute Gasteiger partial charge is 0.411 e. The van der Waals surface area contributed by atoms with Gasteiger partial charge in [-0.25, -0.2) is 0 Å². The third kappa shape index (κ3) is 7.04. The minimum Gasteiger partial charge on any atom is -0.411 e. The van der Waals surface area contributed by atoms with Gasteiger partial charge in [0.2, 0.25) is 5.91 Å². The number of allylic oxidation sites excluding steroid dienone is 2. The van der Waals surface area contributed by atoms with Gasteiger partial charge >= 0.3 is 0 Å². The fourth-order valence-electron chi connectivity index (χ4n) is 3.64. The van der Waals surface area contributed by atoms with Gasteiger partial charge in [-0.2, -0.15) is 0 Å². The molecule has 1 heterocycles. The van der Waals surface area contributed by atoms with Crippen molar-refractivity contribution in [2.75, 3.05) is 7.05 Å². The van der Waals surface area contributed by atoms with Gasteiger partial charge in [-0.15, -0.1) is 0 Å². The van der Waals surface area contributed by atoms with E-state index < -0.39 is 8.32 Å². The maximum Gasteiger partial charge on any atom is 0.222 e. The number of carbonyl (C=O) groups excluding carboxylic acids is 1. The maximum absolute atomic E-state index is 12.7. The average molecular weight is 406 g/mol. The third-order valence-electron chi connectivity index (χ3n) is 6.42. The highest BCUT2D eigenvalue weighted by Gasteiger charge is 2.38. The molecule has 0 saturated carbocycles. The summed E-state index contributed by atoms with van der Waals surface area (Å²) >= 11 is 0. The molecule has 0 N–H and O–H groups in total. The summed E-state index contributed by atoms with van der Waals surface area (Å²) in [5.41, 5.74) is 1.17. The summed E-state index contributed by atoms with van der Waals surface area (Å²) in [4.78, 5) is 14.6. The van der Waals surface area contributed by atoms with E-state index in [1.807, 2.05) is 24.1 Å². The monoisotopic (exact) mass is 405 g/mol. The molecule has 1 aliphatic heterocycles. The second kappa shape index (κ2) is 10.6. The summed E-state index contributed by atoms with van der Waals surface area (Å²) in [7, 11) is 0.117. The van der Waals surface area contributed by atoms with Crippen LogP contribution in [0.5, 0.6) is 0 Å². The third-order valence-corrected chi connectivity index (χ3v) is 10.9. The lowest BCUT2D eigenvalue weighted by Gasteiger charge is -2.39. The van der Waals surface area contributed by atoms with Crippen molar-refractivity contribution in [3.05, 3.63) is 36.5 Å². The zero-order valence-corrected chi connectivity index (χ0v) is 20.5. The van der Waals surface area contributed by atoms with E-state index in [9.17, 15) is 4.79 Å². The van der Waals surface area contributed by atoms with Crippen molar-refractivity contribution < 1.29 is 9.22 Å². The van der Waals surface area contributed by atoms with Crippen molar-refractivity contribution in [2.45, 2.75) is 97.0 Å². The molecule has 0 aromatic heterocycles. The van der Waals surface area contributed by atoms with Gasteiger partial charge in [-0.3, -0.25) is 4.79 Å². The molecule has 160 valence electrons. The van der Waals surface area contributed by atoms with Crippen molar-refractivity contribution >= 4 is 14.2 Å². The lowest BCUT2D eigenvalue weighted by atomic mass is 9.91. The quantitative estimate of drug-likeness (QED) is 0.304. The van der Waals surface area contributed by atoms with Crippen LogP contribution in [0.4, 0.5) is 0 Å². The molecular formula is C24H43NO2Si. The molecule has 1 rings (SSSR count). The predicted molar refractivity (Wildman–Crippen MR) is 124 cm³/mol. The molecule has 3 nitrogen and oxygen atoms in total. The molecule has 0 aromatic rings. The van der Waals surface area contributed by atoms with Crippen LogP contribution in [-0.2, 0) is 9.22 Å². The van der Waals surface area contributed by atoms with E-state index in [4.69, 9.17) is 4.43 Å². The molecule has 4 heteroatoms. The van der Waals surface area contributed by atoms with Gasteiger partial charge in [0, 0.05) is 13.5 Å². The first-order valence-electron chi connectivity index (χ1n) is 10.8. The van der Waals surface area contributed by atoms with Crippen LogP contribution in [0.15, 0.2) is 36.5 Å². The van der Waals surface area contributed by atoms with Gasteiger partial charge < -0.3 is 9.33 Å². The van der Waals surface area contributed by atoms with Crippen LogP contribution >= 0.6 is 0 Å². The van der Waals surface area contributed by atoms with Crippen molar-refractivity contribution in [2.24, 2.45) is 5.92 Å². The molecule has 0 aromatic carbocycles. The van der Waals surface area contributed by atoms with Crippen molar-refractivity contribution in [3.63, 3.8) is 0 Å². The van der Waals surface area contributed by atoms with Crippen molar-refractivity contribution in [1.29, 1.82) is 0 Å². The second-order valence-electron chi connectivity index (χ2n) is 9.86. The van der Waals surface area contributed by atoms with E-state index in [-0.39, 0.29) is 29.0 Å². The minimum absolute atomic E-state index is 0.0506. The number of hydrogen-bond donors (Lipinski definition) is 0. The molecule has 0 radical (unpaired) electrons. The molecule has 0 fully saturated rings. The Morgan fingerprint density at radius 1 is 1.25 bits per heavy atom. The SMILES string of the molecule is C=C/C=C(\C)[C@@H]1[C@@H](C)/C=C\C(O[Si](C)(C)C(C)(C)C)CCCCCC(=O)N1C. The normalized spacial score (nSPS) is 27.7. The molecule has 0 spiro atoms. The summed E-state index contributed by atoms with van der Waals surface area (Å²) in [6, 6.07) is 0.0506. The van der Waals surface area contributed by atoms with Crippen molar-refractivity contribution in [3.8, 4) is 0 Å².